The lowest BCUT2D eigenvalue weighted by Crippen LogP contribution is -2.40. The Morgan fingerprint density at radius 2 is 2.50 bits per heavy atom. The van der Waals surface area contributed by atoms with Gasteiger partial charge in [-0.15, -0.1) is 11.3 Å². The van der Waals surface area contributed by atoms with Crippen LogP contribution in [0.4, 0.5) is 5.13 Å². The quantitative estimate of drug-likeness (QED) is 0.802. The second-order valence-corrected chi connectivity index (χ2v) is 5.29. The van der Waals surface area contributed by atoms with Crippen LogP contribution in [0.5, 0.6) is 0 Å². The highest BCUT2D eigenvalue weighted by Crippen LogP contribution is 2.21. The summed E-state index contributed by atoms with van der Waals surface area (Å²) in [7, 11) is 0. The highest BCUT2D eigenvalue weighted by molar-refractivity contribution is 7.15. The maximum Gasteiger partial charge on any atom is 0.221 e. The third-order valence-electron chi connectivity index (χ3n) is 2.86. The van der Waals surface area contributed by atoms with E-state index in [2.05, 4.69) is 9.88 Å². The van der Waals surface area contributed by atoms with Crippen LogP contribution in [0.15, 0.2) is 6.20 Å². The fraction of sp³-hybridized carbons (Fsp3) is 0.600. The Labute approximate surface area is 98.4 Å². The number of carbonyl (C=O) groups is 1. The highest BCUT2D eigenvalue weighted by Gasteiger charge is 2.24. The first kappa shape index (κ1) is 11.3. The summed E-state index contributed by atoms with van der Waals surface area (Å²) in [5, 5.41) is 0.596. The van der Waals surface area contributed by atoms with Gasteiger partial charge in [-0.3, -0.25) is 9.69 Å². The molecule has 6 heteroatoms. The molecule has 1 aliphatic rings. The minimum atomic E-state index is -0.187. The van der Waals surface area contributed by atoms with Gasteiger partial charge in [0.2, 0.25) is 5.91 Å². The second-order valence-electron chi connectivity index (χ2n) is 4.14. The van der Waals surface area contributed by atoms with Gasteiger partial charge >= 0.3 is 0 Å². The number of aromatic nitrogens is 1. The van der Waals surface area contributed by atoms with Crippen LogP contribution in [0.25, 0.3) is 0 Å². The normalized spacial score (nSPS) is 22.1. The number of nitrogens with two attached hydrogens (primary N) is 2. The van der Waals surface area contributed by atoms with Crippen molar-refractivity contribution >= 4 is 22.4 Å². The molecule has 5 nitrogen and oxygen atoms in total. The van der Waals surface area contributed by atoms with Crippen molar-refractivity contribution in [3.8, 4) is 0 Å². The molecule has 2 rings (SSSR count). The molecule has 4 N–H and O–H groups in total. The summed E-state index contributed by atoms with van der Waals surface area (Å²) in [6.45, 7) is 2.59. The molecule has 2 heterocycles. The topological polar surface area (TPSA) is 85.2 Å². The van der Waals surface area contributed by atoms with Gasteiger partial charge in [-0.2, -0.15) is 0 Å². The second kappa shape index (κ2) is 4.80. The predicted octanol–water partition coefficient (Wildman–Crippen LogP) is 0.423. The summed E-state index contributed by atoms with van der Waals surface area (Å²) >= 11 is 1.50. The number of piperidine rings is 1. The molecule has 0 spiro atoms. The van der Waals surface area contributed by atoms with Gasteiger partial charge in [-0.05, 0) is 19.4 Å². The molecular formula is C10H16N4OS. The van der Waals surface area contributed by atoms with Gasteiger partial charge in [-0.25, -0.2) is 4.98 Å². The summed E-state index contributed by atoms with van der Waals surface area (Å²) in [5.41, 5.74) is 10.9. The number of primary amides is 1. The first-order valence-electron chi connectivity index (χ1n) is 5.37. The molecule has 1 unspecified atom stereocenters. The lowest BCUT2D eigenvalue weighted by molar-refractivity contribution is -0.123. The summed E-state index contributed by atoms with van der Waals surface area (Å²) in [6.07, 6.45) is 3.74. The Kier molecular flexibility index (Phi) is 3.40. The number of anilines is 1. The fourth-order valence-electron chi connectivity index (χ4n) is 2.05. The molecular weight excluding hydrogens is 224 g/mol. The van der Waals surface area contributed by atoms with Crippen LogP contribution in [0.2, 0.25) is 0 Å². The van der Waals surface area contributed by atoms with E-state index in [0.717, 1.165) is 37.4 Å². The Hall–Kier alpha value is -1.14. The zero-order valence-electron chi connectivity index (χ0n) is 9.06. The number of thiazole rings is 1. The van der Waals surface area contributed by atoms with Gasteiger partial charge < -0.3 is 11.5 Å². The third-order valence-corrected chi connectivity index (χ3v) is 3.67. The average Bonchev–Trinajstić information content (AvgIpc) is 2.64. The number of hydrogen-bond donors (Lipinski definition) is 2. The van der Waals surface area contributed by atoms with E-state index in [4.69, 9.17) is 11.5 Å². The molecule has 1 fully saturated rings. The predicted molar refractivity (Wildman–Crippen MR) is 63.7 cm³/mol. The summed E-state index contributed by atoms with van der Waals surface area (Å²) in [5.74, 6) is -0.187. The fourth-order valence-corrected chi connectivity index (χ4v) is 2.77. The van der Waals surface area contributed by atoms with Crippen molar-refractivity contribution < 1.29 is 4.79 Å². The van der Waals surface area contributed by atoms with Crippen molar-refractivity contribution in [3.63, 3.8) is 0 Å². The van der Waals surface area contributed by atoms with Crippen LogP contribution >= 0.6 is 11.3 Å². The van der Waals surface area contributed by atoms with Gasteiger partial charge in [-0.1, -0.05) is 0 Å². The van der Waals surface area contributed by atoms with Crippen LogP contribution in [-0.4, -0.2) is 28.9 Å². The zero-order chi connectivity index (χ0) is 11.5. The van der Waals surface area contributed by atoms with E-state index in [-0.39, 0.29) is 11.8 Å². The van der Waals surface area contributed by atoms with Gasteiger partial charge in [0, 0.05) is 24.2 Å². The molecule has 0 radical (unpaired) electrons. The van der Waals surface area contributed by atoms with Gasteiger partial charge in [0.1, 0.15) is 0 Å². The molecule has 88 valence electrons. The minimum absolute atomic E-state index is 0.000909. The lowest BCUT2D eigenvalue weighted by atomic mass is 9.97. The molecule has 1 aliphatic heterocycles. The van der Waals surface area contributed by atoms with E-state index in [1.807, 2.05) is 0 Å². The first-order chi connectivity index (χ1) is 7.65. The van der Waals surface area contributed by atoms with E-state index in [1.54, 1.807) is 6.20 Å². The van der Waals surface area contributed by atoms with Crippen molar-refractivity contribution in [1.82, 2.24) is 9.88 Å². The van der Waals surface area contributed by atoms with Crippen molar-refractivity contribution in [3.05, 3.63) is 11.1 Å². The van der Waals surface area contributed by atoms with Gasteiger partial charge in [0.25, 0.3) is 0 Å². The number of hydrogen-bond acceptors (Lipinski definition) is 5. The van der Waals surface area contributed by atoms with E-state index in [9.17, 15) is 4.79 Å². The van der Waals surface area contributed by atoms with Crippen LogP contribution in [0, 0.1) is 5.92 Å². The SMILES string of the molecule is NC(=O)C1CCCN(Cc2cnc(N)s2)C1. The van der Waals surface area contributed by atoms with E-state index >= 15 is 0 Å². The molecule has 0 aliphatic carbocycles. The molecule has 1 saturated heterocycles. The molecule has 0 aromatic carbocycles. The Morgan fingerprint density at radius 1 is 1.69 bits per heavy atom. The van der Waals surface area contributed by atoms with Crippen molar-refractivity contribution in [2.45, 2.75) is 19.4 Å². The van der Waals surface area contributed by atoms with E-state index < -0.39 is 0 Å². The number of nitrogens with zero attached hydrogens (tertiary/aromatic N) is 2. The number of rotatable bonds is 3. The molecule has 0 saturated carbocycles. The van der Waals surface area contributed by atoms with Crippen LogP contribution in [-0.2, 0) is 11.3 Å². The van der Waals surface area contributed by atoms with E-state index in [0.29, 0.717) is 5.13 Å². The van der Waals surface area contributed by atoms with Crippen molar-refractivity contribution in [1.29, 1.82) is 0 Å². The number of carbonyl (C=O) groups excluding carboxylic acids is 1. The zero-order valence-corrected chi connectivity index (χ0v) is 9.87. The largest absolute Gasteiger partial charge is 0.375 e. The van der Waals surface area contributed by atoms with Crippen LogP contribution in [0.1, 0.15) is 17.7 Å². The molecule has 0 bridgehead atoms. The number of nitrogen functional groups attached to an aromatic ring is 1. The number of likely N-dealkylation sites (tertiary alicyclic amines) is 1. The maximum atomic E-state index is 11.1. The minimum Gasteiger partial charge on any atom is -0.375 e. The smallest absolute Gasteiger partial charge is 0.221 e. The molecule has 1 atom stereocenters. The van der Waals surface area contributed by atoms with Crippen LogP contribution < -0.4 is 11.5 Å². The summed E-state index contributed by atoms with van der Waals surface area (Å²) in [4.78, 5) is 18.5. The molecule has 1 aromatic heterocycles. The molecule has 1 aromatic rings. The Bertz CT molecular complexity index is 379. The van der Waals surface area contributed by atoms with Crippen LogP contribution in [0.3, 0.4) is 0 Å². The van der Waals surface area contributed by atoms with Crippen molar-refractivity contribution in [2.75, 3.05) is 18.8 Å². The highest BCUT2D eigenvalue weighted by atomic mass is 32.1. The number of amides is 1. The maximum absolute atomic E-state index is 11.1. The average molecular weight is 240 g/mol. The third kappa shape index (κ3) is 2.70. The Balaban J connectivity index is 1.92. The van der Waals surface area contributed by atoms with E-state index in [1.165, 1.54) is 11.3 Å². The molecule has 1 amide bonds. The standard InChI is InChI=1S/C10H16N4OS/c11-9(15)7-2-1-3-14(5-7)6-8-4-13-10(12)16-8/h4,7H,1-3,5-6H2,(H2,11,15)(H2,12,13). The van der Waals surface area contributed by atoms with Crippen molar-refractivity contribution in [2.24, 2.45) is 11.7 Å². The molecule has 16 heavy (non-hydrogen) atoms. The summed E-state index contributed by atoms with van der Waals surface area (Å²) < 4.78 is 0. The Morgan fingerprint density at radius 3 is 3.12 bits per heavy atom. The summed E-state index contributed by atoms with van der Waals surface area (Å²) in [6, 6.07) is 0. The van der Waals surface area contributed by atoms with Gasteiger partial charge in [0.05, 0.1) is 5.92 Å². The first-order valence-corrected chi connectivity index (χ1v) is 6.18. The lowest BCUT2D eigenvalue weighted by Gasteiger charge is -2.30. The monoisotopic (exact) mass is 240 g/mol. The van der Waals surface area contributed by atoms with Gasteiger partial charge in [0.15, 0.2) is 5.13 Å².